The van der Waals surface area contributed by atoms with Gasteiger partial charge in [0.2, 0.25) is 0 Å². The second-order valence-electron chi connectivity index (χ2n) is 2.91. The van der Waals surface area contributed by atoms with E-state index in [9.17, 15) is 0 Å². The van der Waals surface area contributed by atoms with Crippen molar-refractivity contribution in [2.24, 2.45) is 0 Å². The van der Waals surface area contributed by atoms with Crippen LogP contribution in [0.4, 0.5) is 0 Å². The van der Waals surface area contributed by atoms with Crippen molar-refractivity contribution in [1.82, 2.24) is 0 Å². The van der Waals surface area contributed by atoms with Crippen molar-refractivity contribution in [3.8, 4) is 0 Å². The van der Waals surface area contributed by atoms with Crippen LogP contribution in [0.25, 0.3) is 10.8 Å². The third kappa shape index (κ3) is 1.22. The zero-order valence-corrected chi connectivity index (χ0v) is 9.00. The zero-order chi connectivity index (χ0) is 8.55. The Morgan fingerprint density at radius 2 is 1.58 bits per heavy atom. The Morgan fingerprint density at radius 1 is 0.917 bits per heavy atom. The first-order valence-corrected chi connectivity index (χ1v) is 5.01. The molecule has 0 saturated carbocycles. The molecule has 0 nitrogen and oxygen atoms in total. The second kappa shape index (κ2) is 3.05. The topological polar surface area (TPSA) is 0 Å². The highest BCUT2D eigenvalue weighted by Crippen LogP contribution is 2.22. The number of hydrogen-bond donors (Lipinski definition) is 0. The second-order valence-corrected chi connectivity index (χ2v) is 4.07. The van der Waals surface area contributed by atoms with Gasteiger partial charge in [0.25, 0.3) is 0 Å². The summed E-state index contributed by atoms with van der Waals surface area (Å²) in [5, 5.41) is 2.72. The highest BCUT2D eigenvalue weighted by molar-refractivity contribution is 14.1. The lowest BCUT2D eigenvalue weighted by atomic mass is 10.1. The van der Waals surface area contributed by atoms with E-state index in [0.717, 1.165) is 0 Å². The zero-order valence-electron chi connectivity index (χ0n) is 6.84. The molecule has 0 aliphatic rings. The number of benzene rings is 2. The minimum absolute atomic E-state index is 1.33. The highest BCUT2D eigenvalue weighted by atomic mass is 127. The number of fused-ring (bicyclic) bond motifs is 1. The van der Waals surface area contributed by atoms with Crippen molar-refractivity contribution < 1.29 is 0 Å². The quantitative estimate of drug-likeness (QED) is 0.638. The van der Waals surface area contributed by atoms with Crippen molar-refractivity contribution in [1.29, 1.82) is 0 Å². The van der Waals surface area contributed by atoms with Gasteiger partial charge in [0.1, 0.15) is 0 Å². The van der Waals surface area contributed by atoms with Gasteiger partial charge in [0.15, 0.2) is 0 Å². The minimum Gasteiger partial charge on any atom is -0.0613 e. The Morgan fingerprint density at radius 3 is 2.33 bits per heavy atom. The average Bonchev–Trinajstić information content (AvgIpc) is 2.07. The lowest BCUT2D eigenvalue weighted by Crippen LogP contribution is -1.79. The maximum absolute atomic E-state index is 2.37. The van der Waals surface area contributed by atoms with Crippen LogP contribution < -0.4 is 0 Å². The van der Waals surface area contributed by atoms with E-state index in [2.05, 4.69) is 65.9 Å². The predicted molar refractivity (Wildman–Crippen MR) is 61.4 cm³/mol. The molecule has 0 aliphatic carbocycles. The lowest BCUT2D eigenvalue weighted by Gasteiger charge is -2.02. The molecule has 0 fully saturated rings. The summed E-state index contributed by atoms with van der Waals surface area (Å²) >= 11 is 2.37. The van der Waals surface area contributed by atoms with Crippen LogP contribution in [-0.2, 0) is 0 Å². The summed E-state index contributed by atoms with van der Waals surface area (Å²) in [7, 11) is 0. The number of halogens is 1. The smallest absolute Gasteiger partial charge is 0.0208 e. The summed E-state index contributed by atoms with van der Waals surface area (Å²) < 4.78 is 1.33. The molecule has 0 amide bonds. The molecule has 1 heteroatoms. The number of rotatable bonds is 0. The van der Waals surface area contributed by atoms with Gasteiger partial charge < -0.3 is 0 Å². The Bertz CT molecular complexity index is 377. The molecule has 0 N–H and O–H groups in total. The molecule has 2 aromatic carbocycles. The maximum atomic E-state index is 2.37. The van der Waals surface area contributed by atoms with Gasteiger partial charge in [0.05, 0.1) is 0 Å². The van der Waals surface area contributed by atoms with Gasteiger partial charge in [-0.1, -0.05) is 30.3 Å². The molecule has 12 heavy (non-hydrogen) atoms. The predicted octanol–water partition coefficient (Wildman–Crippen LogP) is 3.75. The fourth-order valence-corrected chi connectivity index (χ4v) is 2.11. The van der Waals surface area contributed by atoms with Gasteiger partial charge in [-0.05, 0) is 51.9 Å². The van der Waals surface area contributed by atoms with Gasteiger partial charge >= 0.3 is 0 Å². The molecule has 0 heterocycles. The van der Waals surface area contributed by atoms with Crippen LogP contribution in [0.15, 0.2) is 36.4 Å². The fraction of sp³-hybridized carbons (Fsp3) is 0.0909. The Hall–Kier alpha value is -0.570. The Kier molecular flexibility index (Phi) is 2.05. The average molecular weight is 268 g/mol. The standard InChI is InChI=1S/C11H9I/c1-8-4-2-6-10-9(8)5-3-7-11(10)12/h2-7H,1H3. The molecule has 0 atom stereocenters. The molecule has 2 aromatic rings. The Labute approximate surface area is 85.7 Å². The summed E-state index contributed by atoms with van der Waals surface area (Å²) in [4.78, 5) is 0. The van der Waals surface area contributed by atoms with Gasteiger partial charge in [0, 0.05) is 3.57 Å². The number of hydrogen-bond acceptors (Lipinski definition) is 0. The molecule has 60 valence electrons. The van der Waals surface area contributed by atoms with E-state index in [1.54, 1.807) is 0 Å². The lowest BCUT2D eigenvalue weighted by molar-refractivity contribution is 1.52. The summed E-state index contributed by atoms with van der Waals surface area (Å²) in [6, 6.07) is 12.9. The number of aryl methyl sites for hydroxylation is 1. The van der Waals surface area contributed by atoms with E-state index in [1.165, 1.54) is 19.9 Å². The van der Waals surface area contributed by atoms with Crippen LogP contribution in [0, 0.1) is 10.5 Å². The van der Waals surface area contributed by atoms with E-state index >= 15 is 0 Å². The SMILES string of the molecule is Cc1cccc2c(I)cccc12. The molecule has 0 aliphatic heterocycles. The first-order valence-electron chi connectivity index (χ1n) is 3.93. The molecular formula is C11H9I. The minimum atomic E-state index is 1.33. The highest BCUT2D eigenvalue weighted by Gasteiger charge is 1.97. The van der Waals surface area contributed by atoms with Crippen LogP contribution in [0.5, 0.6) is 0 Å². The van der Waals surface area contributed by atoms with Crippen molar-refractivity contribution in [3.05, 3.63) is 45.5 Å². The van der Waals surface area contributed by atoms with Crippen LogP contribution in [-0.4, -0.2) is 0 Å². The summed E-state index contributed by atoms with van der Waals surface area (Å²) in [5.74, 6) is 0. The van der Waals surface area contributed by atoms with Crippen LogP contribution in [0.2, 0.25) is 0 Å². The largest absolute Gasteiger partial charge is 0.0613 e. The third-order valence-corrected chi connectivity index (χ3v) is 3.03. The molecule has 0 bridgehead atoms. The third-order valence-electron chi connectivity index (χ3n) is 2.09. The maximum Gasteiger partial charge on any atom is 0.0208 e. The molecule has 0 unspecified atom stereocenters. The van der Waals surface area contributed by atoms with Crippen LogP contribution >= 0.6 is 22.6 Å². The summed E-state index contributed by atoms with van der Waals surface area (Å²) in [5.41, 5.74) is 1.35. The monoisotopic (exact) mass is 268 g/mol. The van der Waals surface area contributed by atoms with Gasteiger partial charge in [-0.2, -0.15) is 0 Å². The van der Waals surface area contributed by atoms with Crippen molar-refractivity contribution in [3.63, 3.8) is 0 Å². The van der Waals surface area contributed by atoms with Gasteiger partial charge in [-0.25, -0.2) is 0 Å². The van der Waals surface area contributed by atoms with Gasteiger partial charge in [-0.3, -0.25) is 0 Å². The summed E-state index contributed by atoms with van der Waals surface area (Å²) in [6.07, 6.45) is 0. The van der Waals surface area contributed by atoms with Crippen LogP contribution in [0.1, 0.15) is 5.56 Å². The fourth-order valence-electron chi connectivity index (χ4n) is 1.43. The normalized spacial score (nSPS) is 10.5. The molecule has 0 aromatic heterocycles. The summed E-state index contributed by atoms with van der Waals surface area (Å²) in [6.45, 7) is 2.15. The van der Waals surface area contributed by atoms with E-state index in [-0.39, 0.29) is 0 Å². The van der Waals surface area contributed by atoms with Crippen molar-refractivity contribution in [2.75, 3.05) is 0 Å². The van der Waals surface area contributed by atoms with Crippen molar-refractivity contribution in [2.45, 2.75) is 6.92 Å². The molecule has 2 rings (SSSR count). The van der Waals surface area contributed by atoms with Gasteiger partial charge in [-0.15, -0.1) is 0 Å². The van der Waals surface area contributed by atoms with Crippen LogP contribution in [0.3, 0.4) is 0 Å². The first-order chi connectivity index (χ1) is 5.79. The van der Waals surface area contributed by atoms with Crippen molar-refractivity contribution >= 4 is 33.4 Å². The molecule has 0 spiro atoms. The van der Waals surface area contributed by atoms with E-state index in [4.69, 9.17) is 0 Å². The van der Waals surface area contributed by atoms with E-state index in [1.807, 2.05) is 0 Å². The Balaban J connectivity index is 2.94. The molecular weight excluding hydrogens is 259 g/mol. The molecule has 0 saturated heterocycles. The molecule has 0 radical (unpaired) electrons. The van der Waals surface area contributed by atoms with E-state index < -0.39 is 0 Å². The van der Waals surface area contributed by atoms with E-state index in [0.29, 0.717) is 0 Å². The first kappa shape index (κ1) is 8.05.